The van der Waals surface area contributed by atoms with E-state index in [0.717, 1.165) is 18.7 Å². The summed E-state index contributed by atoms with van der Waals surface area (Å²) < 4.78 is 5.75. The van der Waals surface area contributed by atoms with Gasteiger partial charge >= 0.3 is 0 Å². The number of nitrogens with one attached hydrogen (secondary N) is 1. The molecule has 1 aliphatic heterocycles. The van der Waals surface area contributed by atoms with E-state index in [2.05, 4.69) is 5.32 Å². The van der Waals surface area contributed by atoms with Gasteiger partial charge in [-0.2, -0.15) is 0 Å². The Kier molecular flexibility index (Phi) is 5.78. The summed E-state index contributed by atoms with van der Waals surface area (Å²) in [6, 6.07) is 14.2. The molecular formula is C20H21ClN2O3. The minimum absolute atomic E-state index is 0.143. The fraction of sp³-hybridized carbons (Fsp3) is 0.300. The Balaban J connectivity index is 1.62. The normalized spacial score (nSPS) is 15.0. The molecular weight excluding hydrogens is 352 g/mol. The minimum atomic E-state index is -0.601. The van der Waals surface area contributed by atoms with Crippen molar-refractivity contribution in [2.24, 2.45) is 0 Å². The Morgan fingerprint density at radius 1 is 1.19 bits per heavy atom. The van der Waals surface area contributed by atoms with Gasteiger partial charge in [-0.05, 0) is 61.4 Å². The number of anilines is 2. The van der Waals surface area contributed by atoms with Crippen molar-refractivity contribution < 1.29 is 14.3 Å². The zero-order valence-electron chi connectivity index (χ0n) is 14.6. The Labute approximate surface area is 157 Å². The van der Waals surface area contributed by atoms with Gasteiger partial charge in [0.05, 0.1) is 0 Å². The van der Waals surface area contributed by atoms with Crippen molar-refractivity contribution in [1.29, 1.82) is 0 Å². The van der Waals surface area contributed by atoms with Crippen LogP contribution in [-0.2, 0) is 9.59 Å². The molecule has 0 radical (unpaired) electrons. The van der Waals surface area contributed by atoms with Crippen LogP contribution in [0.3, 0.4) is 0 Å². The summed E-state index contributed by atoms with van der Waals surface area (Å²) >= 11 is 5.86. The molecule has 3 rings (SSSR count). The van der Waals surface area contributed by atoms with Gasteiger partial charge in [0.25, 0.3) is 5.91 Å². The number of halogens is 1. The first-order valence-corrected chi connectivity index (χ1v) is 9.08. The van der Waals surface area contributed by atoms with Crippen molar-refractivity contribution in [3.8, 4) is 5.75 Å². The van der Waals surface area contributed by atoms with Crippen molar-refractivity contribution in [2.45, 2.75) is 32.3 Å². The number of rotatable bonds is 6. The smallest absolute Gasteiger partial charge is 0.265 e. The van der Waals surface area contributed by atoms with Gasteiger partial charge in [-0.25, -0.2) is 0 Å². The first kappa shape index (κ1) is 18.3. The van der Waals surface area contributed by atoms with Crippen molar-refractivity contribution in [2.75, 3.05) is 16.8 Å². The van der Waals surface area contributed by atoms with Crippen LogP contribution in [-0.4, -0.2) is 24.5 Å². The summed E-state index contributed by atoms with van der Waals surface area (Å²) in [5.41, 5.74) is 1.53. The van der Waals surface area contributed by atoms with Crippen LogP contribution in [0.15, 0.2) is 48.5 Å². The van der Waals surface area contributed by atoms with Crippen LogP contribution in [0.1, 0.15) is 26.2 Å². The van der Waals surface area contributed by atoms with E-state index in [1.807, 2.05) is 19.1 Å². The lowest BCUT2D eigenvalue weighted by molar-refractivity contribution is -0.122. The molecule has 0 aromatic heterocycles. The van der Waals surface area contributed by atoms with Crippen LogP contribution in [0.2, 0.25) is 5.02 Å². The maximum atomic E-state index is 12.5. The second-order valence-corrected chi connectivity index (χ2v) is 6.59. The third kappa shape index (κ3) is 4.35. The van der Waals surface area contributed by atoms with E-state index in [1.165, 1.54) is 0 Å². The van der Waals surface area contributed by atoms with E-state index in [9.17, 15) is 9.59 Å². The third-order valence-corrected chi connectivity index (χ3v) is 4.53. The lowest BCUT2D eigenvalue weighted by Gasteiger charge is -2.18. The van der Waals surface area contributed by atoms with Crippen molar-refractivity contribution in [3.05, 3.63) is 53.6 Å². The van der Waals surface area contributed by atoms with Crippen molar-refractivity contribution in [3.63, 3.8) is 0 Å². The minimum Gasteiger partial charge on any atom is -0.481 e. The van der Waals surface area contributed by atoms with Gasteiger partial charge < -0.3 is 15.0 Å². The molecule has 0 unspecified atom stereocenters. The number of nitrogens with zero attached hydrogens (tertiary/aromatic N) is 1. The highest BCUT2D eigenvalue weighted by Crippen LogP contribution is 2.23. The predicted octanol–water partition coefficient (Wildman–Crippen LogP) is 4.26. The molecule has 6 heteroatoms. The van der Waals surface area contributed by atoms with Crippen LogP contribution >= 0.6 is 11.6 Å². The molecule has 0 aliphatic carbocycles. The Hall–Kier alpha value is -2.53. The predicted molar refractivity (Wildman–Crippen MR) is 103 cm³/mol. The Morgan fingerprint density at radius 2 is 1.88 bits per heavy atom. The average molecular weight is 373 g/mol. The van der Waals surface area contributed by atoms with E-state index >= 15 is 0 Å². The van der Waals surface area contributed by atoms with Gasteiger partial charge in [0.2, 0.25) is 5.91 Å². The summed E-state index contributed by atoms with van der Waals surface area (Å²) in [4.78, 5) is 26.0. The zero-order chi connectivity index (χ0) is 18.5. The van der Waals surface area contributed by atoms with Crippen molar-refractivity contribution >= 4 is 34.8 Å². The first-order chi connectivity index (χ1) is 12.6. The zero-order valence-corrected chi connectivity index (χ0v) is 15.3. The average Bonchev–Trinajstić information content (AvgIpc) is 3.07. The van der Waals surface area contributed by atoms with E-state index in [4.69, 9.17) is 16.3 Å². The maximum Gasteiger partial charge on any atom is 0.265 e. The maximum absolute atomic E-state index is 12.5. The molecule has 26 heavy (non-hydrogen) atoms. The molecule has 2 aromatic rings. The van der Waals surface area contributed by atoms with Gasteiger partial charge in [0.1, 0.15) is 5.75 Å². The summed E-state index contributed by atoms with van der Waals surface area (Å²) in [6.45, 7) is 2.64. The molecule has 1 heterocycles. The van der Waals surface area contributed by atoms with Crippen LogP contribution in [0.25, 0.3) is 0 Å². The Morgan fingerprint density at radius 3 is 2.46 bits per heavy atom. The fourth-order valence-corrected chi connectivity index (χ4v) is 2.99. The molecule has 0 spiro atoms. The lowest BCUT2D eigenvalue weighted by atomic mass is 10.2. The van der Waals surface area contributed by atoms with Crippen LogP contribution < -0.4 is 15.0 Å². The van der Waals surface area contributed by atoms with Gasteiger partial charge in [0.15, 0.2) is 6.10 Å². The molecule has 1 saturated heterocycles. The molecule has 1 aliphatic rings. The second kappa shape index (κ2) is 8.23. The lowest BCUT2D eigenvalue weighted by Crippen LogP contribution is -2.32. The van der Waals surface area contributed by atoms with Gasteiger partial charge in [-0.15, -0.1) is 0 Å². The highest BCUT2D eigenvalue weighted by atomic mass is 35.5. The third-order valence-electron chi connectivity index (χ3n) is 4.28. The monoisotopic (exact) mass is 372 g/mol. The van der Waals surface area contributed by atoms with E-state index in [-0.39, 0.29) is 11.8 Å². The highest BCUT2D eigenvalue weighted by Gasteiger charge is 2.22. The number of hydrogen-bond acceptors (Lipinski definition) is 3. The largest absolute Gasteiger partial charge is 0.481 e. The summed E-state index contributed by atoms with van der Waals surface area (Å²) in [7, 11) is 0. The molecule has 1 fully saturated rings. The van der Waals surface area contributed by atoms with Crippen LogP contribution in [0.4, 0.5) is 11.4 Å². The van der Waals surface area contributed by atoms with Crippen LogP contribution in [0, 0.1) is 0 Å². The molecule has 2 aromatic carbocycles. The molecule has 136 valence electrons. The molecule has 0 saturated carbocycles. The molecule has 0 bridgehead atoms. The van der Waals surface area contributed by atoms with Gasteiger partial charge in [-0.1, -0.05) is 18.5 Å². The Bertz CT molecular complexity index is 775. The number of carbonyl (C=O) groups excluding carboxylic acids is 2. The highest BCUT2D eigenvalue weighted by molar-refractivity contribution is 6.30. The molecule has 5 nitrogen and oxygen atoms in total. The van der Waals surface area contributed by atoms with Gasteiger partial charge in [-0.3, -0.25) is 9.59 Å². The number of carbonyl (C=O) groups is 2. The molecule has 1 atom stereocenters. The summed E-state index contributed by atoms with van der Waals surface area (Å²) in [5, 5.41) is 3.48. The first-order valence-electron chi connectivity index (χ1n) is 8.70. The number of amides is 2. The summed E-state index contributed by atoms with van der Waals surface area (Å²) in [6.07, 6.45) is 1.42. The second-order valence-electron chi connectivity index (χ2n) is 6.15. The van der Waals surface area contributed by atoms with Gasteiger partial charge in [0, 0.05) is 29.4 Å². The van der Waals surface area contributed by atoms with Crippen molar-refractivity contribution in [1.82, 2.24) is 0 Å². The number of ether oxygens (including phenoxy) is 1. The SMILES string of the molecule is CC[C@@H](Oc1ccc(Cl)cc1)C(=O)Nc1ccc(N2CCCC2=O)cc1. The standard InChI is InChI=1S/C20H21ClN2O3/c1-2-18(26-17-11-5-14(21)6-12-17)20(25)22-15-7-9-16(10-8-15)23-13-3-4-19(23)24/h5-12,18H,2-4,13H2,1H3,(H,22,25)/t18-/m1/s1. The number of benzene rings is 2. The van der Waals surface area contributed by atoms with E-state index in [1.54, 1.807) is 41.3 Å². The topological polar surface area (TPSA) is 58.6 Å². The molecule has 1 N–H and O–H groups in total. The van der Waals surface area contributed by atoms with E-state index in [0.29, 0.717) is 29.3 Å². The fourth-order valence-electron chi connectivity index (χ4n) is 2.87. The number of hydrogen-bond donors (Lipinski definition) is 1. The summed E-state index contributed by atoms with van der Waals surface area (Å²) in [5.74, 6) is 0.524. The van der Waals surface area contributed by atoms with Crippen LogP contribution in [0.5, 0.6) is 5.75 Å². The van der Waals surface area contributed by atoms with E-state index < -0.39 is 6.10 Å². The molecule has 2 amide bonds. The quantitative estimate of drug-likeness (QED) is 0.824.